The summed E-state index contributed by atoms with van der Waals surface area (Å²) in [6, 6.07) is 28.5. The standard InChI is InChI=1S/C36H37ClN6O3S/c1-36(2,3)46-35(44)38-17-19-42-18-16-31-33(42)34(40-25-39-31)41-28-14-15-32(30(37)20-28)45-29-22-43(21-26-10-6-4-7-11-26)47(24-29)23-27-12-8-5-9-13-27/h4-16,18,20,22,24-25H,17,19,21,23H2,1-3H3,(H,38,44)(H,39,40,41). The highest BCUT2D eigenvalue weighted by Gasteiger charge is 2.19. The first-order chi connectivity index (χ1) is 22.7. The van der Waals surface area contributed by atoms with Crippen LogP contribution in [0.3, 0.4) is 0 Å². The van der Waals surface area contributed by atoms with Gasteiger partial charge in [0.05, 0.1) is 23.3 Å². The van der Waals surface area contributed by atoms with Gasteiger partial charge in [0, 0.05) is 36.1 Å². The Balaban J connectivity index is 1.15. The normalized spacial score (nSPS) is 14.4. The van der Waals surface area contributed by atoms with Gasteiger partial charge >= 0.3 is 6.09 Å². The van der Waals surface area contributed by atoms with Crippen LogP contribution in [0.5, 0.6) is 5.75 Å². The first kappa shape index (κ1) is 32.2. The Morgan fingerprint density at radius 1 is 0.957 bits per heavy atom. The summed E-state index contributed by atoms with van der Waals surface area (Å²) in [5.74, 6) is 2.84. The van der Waals surface area contributed by atoms with Gasteiger partial charge in [-0.25, -0.2) is 14.8 Å². The maximum absolute atomic E-state index is 12.1. The second kappa shape index (κ2) is 14.3. The molecule has 11 heteroatoms. The van der Waals surface area contributed by atoms with Gasteiger partial charge in [0.2, 0.25) is 0 Å². The van der Waals surface area contributed by atoms with Crippen molar-refractivity contribution in [3.05, 3.63) is 126 Å². The van der Waals surface area contributed by atoms with Crippen molar-refractivity contribution in [2.45, 2.75) is 45.2 Å². The van der Waals surface area contributed by atoms with Crippen molar-refractivity contribution in [2.24, 2.45) is 0 Å². The molecule has 242 valence electrons. The van der Waals surface area contributed by atoms with E-state index in [2.05, 4.69) is 85.0 Å². The van der Waals surface area contributed by atoms with Gasteiger partial charge in [0.25, 0.3) is 0 Å². The number of allylic oxidation sites excluding steroid dienone is 1. The number of rotatable bonds is 11. The van der Waals surface area contributed by atoms with E-state index in [1.165, 1.54) is 17.5 Å². The van der Waals surface area contributed by atoms with Crippen LogP contribution < -0.4 is 15.4 Å². The molecular weight excluding hydrogens is 632 g/mol. The van der Waals surface area contributed by atoms with Crippen LogP contribution in [0.25, 0.3) is 11.0 Å². The zero-order valence-corrected chi connectivity index (χ0v) is 28.1. The molecule has 2 N–H and O–H groups in total. The monoisotopic (exact) mass is 668 g/mol. The number of hydrogen-bond acceptors (Lipinski definition) is 7. The van der Waals surface area contributed by atoms with Crippen LogP contribution in [0.4, 0.5) is 16.3 Å². The summed E-state index contributed by atoms with van der Waals surface area (Å²) in [4.78, 5) is 21.0. The third-order valence-electron chi connectivity index (χ3n) is 7.16. The van der Waals surface area contributed by atoms with Gasteiger partial charge in [0.15, 0.2) is 11.6 Å². The molecule has 0 saturated heterocycles. The molecule has 0 aliphatic carbocycles. The van der Waals surface area contributed by atoms with Crippen LogP contribution in [0.1, 0.15) is 31.9 Å². The molecule has 47 heavy (non-hydrogen) atoms. The fraction of sp³-hybridized carbons (Fsp3) is 0.222. The first-order valence-corrected chi connectivity index (χ1v) is 17.1. The lowest BCUT2D eigenvalue weighted by Crippen LogP contribution is -2.34. The fourth-order valence-corrected chi connectivity index (χ4v) is 7.15. The van der Waals surface area contributed by atoms with Gasteiger partial charge in [-0.15, -0.1) is 0 Å². The van der Waals surface area contributed by atoms with Crippen molar-refractivity contribution < 1.29 is 14.3 Å². The van der Waals surface area contributed by atoms with Crippen molar-refractivity contribution in [1.29, 1.82) is 0 Å². The van der Waals surface area contributed by atoms with Gasteiger partial charge in [-0.3, -0.25) is 0 Å². The van der Waals surface area contributed by atoms with Crippen LogP contribution in [-0.2, 0) is 23.6 Å². The molecular formula is C36H37ClN6O3S. The van der Waals surface area contributed by atoms with Crippen molar-refractivity contribution in [2.75, 3.05) is 11.9 Å². The Kier molecular flexibility index (Phi) is 9.79. The van der Waals surface area contributed by atoms with E-state index in [4.69, 9.17) is 21.1 Å². The number of nitrogens with zero attached hydrogens (tertiary/aromatic N) is 4. The second-order valence-corrected chi connectivity index (χ2v) is 14.2. The van der Waals surface area contributed by atoms with E-state index >= 15 is 0 Å². The quantitative estimate of drug-likeness (QED) is 0.137. The topological polar surface area (TPSA) is 93.5 Å². The van der Waals surface area contributed by atoms with E-state index in [0.29, 0.717) is 29.7 Å². The summed E-state index contributed by atoms with van der Waals surface area (Å²) in [6.45, 7) is 7.17. The largest absolute Gasteiger partial charge is 0.454 e. The van der Waals surface area contributed by atoms with Crippen LogP contribution in [0.2, 0.25) is 5.02 Å². The molecule has 6 rings (SSSR count). The minimum Gasteiger partial charge on any atom is -0.454 e. The highest BCUT2D eigenvalue weighted by molar-refractivity contribution is 8.12. The number of anilines is 2. The number of amides is 1. The van der Waals surface area contributed by atoms with Gasteiger partial charge in [-0.2, -0.15) is 0 Å². The molecule has 1 aliphatic heterocycles. The number of nitrogens with one attached hydrogen (secondary N) is 2. The number of hydrogen-bond donors (Lipinski definition) is 2. The first-order valence-electron chi connectivity index (χ1n) is 15.3. The van der Waals surface area contributed by atoms with Gasteiger partial charge < -0.3 is 29.0 Å². The predicted octanol–water partition coefficient (Wildman–Crippen LogP) is 8.28. The maximum atomic E-state index is 12.1. The molecule has 0 fully saturated rings. The Morgan fingerprint density at radius 2 is 1.70 bits per heavy atom. The molecule has 1 unspecified atom stereocenters. The molecule has 1 aliphatic rings. The van der Waals surface area contributed by atoms with Crippen molar-refractivity contribution in [1.82, 2.24) is 24.2 Å². The van der Waals surface area contributed by atoms with Gasteiger partial charge in [-0.1, -0.05) is 82.9 Å². The van der Waals surface area contributed by atoms with Crippen LogP contribution >= 0.6 is 22.3 Å². The maximum Gasteiger partial charge on any atom is 0.407 e. The smallest absolute Gasteiger partial charge is 0.407 e. The highest BCUT2D eigenvalue weighted by Crippen LogP contribution is 2.36. The number of aromatic nitrogens is 3. The summed E-state index contributed by atoms with van der Waals surface area (Å²) in [7, 11) is -0.191. The lowest BCUT2D eigenvalue weighted by atomic mass is 10.2. The number of carbonyl (C=O) groups is 1. The summed E-state index contributed by atoms with van der Waals surface area (Å²) >= 11 is 6.77. The summed E-state index contributed by atoms with van der Waals surface area (Å²) in [5.41, 5.74) is 4.29. The number of ether oxygens (including phenoxy) is 2. The van der Waals surface area contributed by atoms with Crippen molar-refractivity contribution >= 4 is 56.3 Å². The van der Waals surface area contributed by atoms with E-state index in [0.717, 1.165) is 34.8 Å². The minimum absolute atomic E-state index is 0.191. The van der Waals surface area contributed by atoms with E-state index in [1.807, 2.05) is 67.9 Å². The average molecular weight is 669 g/mol. The molecule has 1 amide bonds. The second-order valence-electron chi connectivity index (χ2n) is 12.0. The van der Waals surface area contributed by atoms with Crippen molar-refractivity contribution in [3.63, 3.8) is 0 Å². The summed E-state index contributed by atoms with van der Waals surface area (Å²) < 4.78 is 16.0. The number of alkyl carbamates (subject to hydrolysis) is 1. The van der Waals surface area contributed by atoms with Gasteiger partial charge in [-0.05, 0) is 56.2 Å². The van der Waals surface area contributed by atoms with Crippen LogP contribution in [-0.4, -0.2) is 42.4 Å². The average Bonchev–Trinajstić information content (AvgIpc) is 3.62. The zero-order chi connectivity index (χ0) is 32.8. The Bertz CT molecular complexity index is 1920. The molecule has 5 aromatic rings. The Morgan fingerprint density at radius 3 is 2.43 bits per heavy atom. The molecule has 3 aromatic carbocycles. The SMILES string of the molecule is CC(C)(C)OC(=O)NCCn1ccc2ncnc(Nc3ccc(OC4=CN(Cc5ccccc5)S(Cc5ccccc5)=C4)c(Cl)c3)c21. The third-order valence-corrected chi connectivity index (χ3v) is 9.42. The van der Waals surface area contributed by atoms with E-state index in [-0.39, 0.29) is 10.7 Å². The number of fused-ring (bicyclic) bond motifs is 1. The molecule has 2 aromatic heterocycles. The van der Waals surface area contributed by atoms with Crippen LogP contribution in [0.15, 0.2) is 109 Å². The molecule has 0 saturated carbocycles. The van der Waals surface area contributed by atoms with Crippen LogP contribution in [0, 0.1) is 0 Å². The van der Waals surface area contributed by atoms with E-state index in [1.54, 1.807) is 0 Å². The number of carbonyl (C=O) groups excluding carboxylic acids is 1. The molecule has 1 atom stereocenters. The predicted molar refractivity (Wildman–Crippen MR) is 191 cm³/mol. The number of benzene rings is 3. The molecule has 9 nitrogen and oxygen atoms in total. The summed E-state index contributed by atoms with van der Waals surface area (Å²) in [6.07, 6.45) is 5.06. The Labute approximate surface area is 282 Å². The molecule has 0 spiro atoms. The summed E-state index contributed by atoms with van der Waals surface area (Å²) in [5, 5.41) is 8.83. The molecule has 0 bridgehead atoms. The number of halogens is 1. The van der Waals surface area contributed by atoms with Crippen molar-refractivity contribution in [3.8, 4) is 5.75 Å². The fourth-order valence-electron chi connectivity index (χ4n) is 5.08. The zero-order valence-electron chi connectivity index (χ0n) is 26.5. The van der Waals surface area contributed by atoms with E-state index < -0.39 is 11.7 Å². The lowest BCUT2D eigenvalue weighted by molar-refractivity contribution is 0.0526. The van der Waals surface area contributed by atoms with E-state index in [9.17, 15) is 4.79 Å². The van der Waals surface area contributed by atoms with Gasteiger partial charge in [0.1, 0.15) is 23.2 Å². The highest BCUT2D eigenvalue weighted by atomic mass is 35.5. The molecule has 3 heterocycles. The minimum atomic E-state index is -0.558. The lowest BCUT2D eigenvalue weighted by Gasteiger charge is -2.21. The third kappa shape index (κ3) is 8.52. The molecule has 0 radical (unpaired) electrons. The Hall–Kier alpha value is -4.80.